The second-order valence-corrected chi connectivity index (χ2v) is 6.15. The van der Waals surface area contributed by atoms with Gasteiger partial charge in [-0.2, -0.15) is 0 Å². The number of carbonyl (C=O) groups is 3. The van der Waals surface area contributed by atoms with Crippen LogP contribution in [0.1, 0.15) is 56.3 Å². The molecule has 1 aromatic rings. The first kappa shape index (κ1) is 18.0. The van der Waals surface area contributed by atoms with Crippen LogP contribution in [0, 0.1) is 0 Å². The van der Waals surface area contributed by atoms with Gasteiger partial charge in [-0.05, 0) is 38.0 Å². The Morgan fingerprint density at radius 2 is 1.88 bits per heavy atom. The third kappa shape index (κ3) is 5.37. The van der Waals surface area contributed by atoms with Crippen molar-refractivity contribution >= 4 is 23.5 Å². The van der Waals surface area contributed by atoms with Gasteiger partial charge in [-0.25, -0.2) is 4.79 Å². The molecule has 6 nitrogen and oxygen atoms in total. The molecule has 0 aliphatic heterocycles. The van der Waals surface area contributed by atoms with Gasteiger partial charge in [-0.1, -0.05) is 25.3 Å². The second-order valence-electron chi connectivity index (χ2n) is 6.15. The normalized spacial score (nSPS) is 16.1. The third-order valence-corrected chi connectivity index (χ3v) is 4.02. The van der Waals surface area contributed by atoms with Gasteiger partial charge in [0, 0.05) is 18.7 Å². The van der Waals surface area contributed by atoms with Crippen molar-refractivity contribution in [2.75, 3.05) is 5.32 Å². The molecule has 1 saturated carbocycles. The predicted molar refractivity (Wildman–Crippen MR) is 90.6 cm³/mol. The van der Waals surface area contributed by atoms with Gasteiger partial charge in [0.25, 0.3) is 5.91 Å². The Labute approximate surface area is 142 Å². The number of hydrogen-bond acceptors (Lipinski definition) is 4. The van der Waals surface area contributed by atoms with Crippen molar-refractivity contribution < 1.29 is 19.1 Å². The summed E-state index contributed by atoms with van der Waals surface area (Å²) in [7, 11) is 0. The zero-order valence-electron chi connectivity index (χ0n) is 14.1. The average molecular weight is 332 g/mol. The first-order valence-corrected chi connectivity index (χ1v) is 8.34. The third-order valence-electron chi connectivity index (χ3n) is 4.02. The smallest absolute Gasteiger partial charge is 0.338 e. The molecule has 0 aromatic heterocycles. The van der Waals surface area contributed by atoms with Crippen molar-refractivity contribution in [2.24, 2.45) is 0 Å². The van der Waals surface area contributed by atoms with E-state index in [9.17, 15) is 14.4 Å². The molecule has 0 spiro atoms. The quantitative estimate of drug-likeness (QED) is 0.812. The highest BCUT2D eigenvalue weighted by atomic mass is 16.5. The summed E-state index contributed by atoms with van der Waals surface area (Å²) >= 11 is 0. The van der Waals surface area contributed by atoms with Crippen LogP contribution in [0.3, 0.4) is 0 Å². The van der Waals surface area contributed by atoms with E-state index in [2.05, 4.69) is 10.6 Å². The van der Waals surface area contributed by atoms with Crippen molar-refractivity contribution in [3.8, 4) is 0 Å². The number of hydrogen-bond donors (Lipinski definition) is 2. The Morgan fingerprint density at radius 3 is 2.54 bits per heavy atom. The molecule has 1 fully saturated rings. The zero-order valence-corrected chi connectivity index (χ0v) is 14.1. The van der Waals surface area contributed by atoms with E-state index in [1.807, 2.05) is 0 Å². The van der Waals surface area contributed by atoms with Crippen LogP contribution in [0.15, 0.2) is 24.3 Å². The fraction of sp³-hybridized carbons (Fsp3) is 0.500. The summed E-state index contributed by atoms with van der Waals surface area (Å²) in [5.41, 5.74) is 0.801. The van der Waals surface area contributed by atoms with Gasteiger partial charge in [0.05, 0.1) is 5.56 Å². The van der Waals surface area contributed by atoms with Crippen LogP contribution in [0.5, 0.6) is 0 Å². The monoisotopic (exact) mass is 332 g/mol. The van der Waals surface area contributed by atoms with Gasteiger partial charge in [0.2, 0.25) is 5.91 Å². The molecule has 1 aliphatic carbocycles. The van der Waals surface area contributed by atoms with Crippen LogP contribution < -0.4 is 10.6 Å². The number of amides is 2. The largest absolute Gasteiger partial charge is 0.449 e. The number of carbonyl (C=O) groups excluding carboxylic acids is 3. The highest BCUT2D eigenvalue weighted by Gasteiger charge is 2.22. The van der Waals surface area contributed by atoms with Crippen molar-refractivity contribution in [1.82, 2.24) is 5.32 Å². The summed E-state index contributed by atoms with van der Waals surface area (Å²) in [5.74, 6) is -1.08. The van der Waals surface area contributed by atoms with Crippen LogP contribution in [0.4, 0.5) is 5.69 Å². The molecule has 0 saturated heterocycles. The van der Waals surface area contributed by atoms with Crippen LogP contribution in [0.2, 0.25) is 0 Å². The van der Waals surface area contributed by atoms with Gasteiger partial charge >= 0.3 is 5.97 Å². The zero-order chi connectivity index (χ0) is 17.5. The molecule has 24 heavy (non-hydrogen) atoms. The molecule has 0 heterocycles. The van der Waals surface area contributed by atoms with Crippen molar-refractivity contribution in [1.29, 1.82) is 0 Å². The van der Waals surface area contributed by atoms with E-state index >= 15 is 0 Å². The second kappa shape index (κ2) is 8.47. The number of esters is 1. The number of benzene rings is 1. The lowest BCUT2D eigenvalue weighted by atomic mass is 9.95. The van der Waals surface area contributed by atoms with Gasteiger partial charge in [0.15, 0.2) is 6.10 Å². The first-order chi connectivity index (χ1) is 11.5. The molecule has 2 N–H and O–H groups in total. The van der Waals surface area contributed by atoms with Gasteiger partial charge in [-0.15, -0.1) is 0 Å². The lowest BCUT2D eigenvalue weighted by molar-refractivity contribution is -0.130. The summed E-state index contributed by atoms with van der Waals surface area (Å²) in [5, 5.41) is 5.54. The lowest BCUT2D eigenvalue weighted by Gasteiger charge is -2.24. The summed E-state index contributed by atoms with van der Waals surface area (Å²) in [6.45, 7) is 2.95. The Kier molecular flexibility index (Phi) is 6.35. The maximum Gasteiger partial charge on any atom is 0.338 e. The SMILES string of the molecule is CC(=O)Nc1cccc(C(=O)O[C@H](C)C(=O)NC2CCCCC2)c1. The summed E-state index contributed by atoms with van der Waals surface area (Å²) in [6.07, 6.45) is 4.55. The number of nitrogens with one attached hydrogen (secondary N) is 2. The number of anilines is 1. The molecular formula is C18H24N2O4. The number of rotatable bonds is 5. The van der Waals surface area contributed by atoms with Crippen LogP contribution in [0.25, 0.3) is 0 Å². The molecule has 2 amide bonds. The molecule has 1 atom stereocenters. The fourth-order valence-electron chi connectivity index (χ4n) is 2.77. The molecule has 2 rings (SSSR count). The molecular weight excluding hydrogens is 308 g/mol. The molecule has 0 radical (unpaired) electrons. The van der Waals surface area contributed by atoms with Crippen LogP contribution in [-0.4, -0.2) is 29.9 Å². The van der Waals surface area contributed by atoms with E-state index in [4.69, 9.17) is 4.74 Å². The van der Waals surface area contributed by atoms with Gasteiger partial charge in [0.1, 0.15) is 0 Å². The Balaban J connectivity index is 1.90. The molecule has 130 valence electrons. The van der Waals surface area contributed by atoms with Crippen molar-refractivity contribution in [3.05, 3.63) is 29.8 Å². The molecule has 0 bridgehead atoms. The van der Waals surface area contributed by atoms with Gasteiger partial charge in [-0.3, -0.25) is 9.59 Å². The van der Waals surface area contributed by atoms with E-state index in [0.717, 1.165) is 25.7 Å². The topological polar surface area (TPSA) is 84.5 Å². The van der Waals surface area contributed by atoms with E-state index in [0.29, 0.717) is 11.3 Å². The predicted octanol–water partition coefficient (Wildman–Crippen LogP) is 2.64. The first-order valence-electron chi connectivity index (χ1n) is 8.34. The van der Waals surface area contributed by atoms with E-state index in [1.54, 1.807) is 25.1 Å². The molecule has 1 aromatic carbocycles. The van der Waals surface area contributed by atoms with E-state index in [-0.39, 0.29) is 17.9 Å². The molecule has 1 aliphatic rings. The Hall–Kier alpha value is -2.37. The summed E-state index contributed by atoms with van der Waals surface area (Å²) < 4.78 is 5.24. The minimum atomic E-state index is -0.858. The maximum absolute atomic E-state index is 12.2. The minimum absolute atomic E-state index is 0.176. The van der Waals surface area contributed by atoms with Crippen molar-refractivity contribution in [2.45, 2.75) is 58.1 Å². The minimum Gasteiger partial charge on any atom is -0.449 e. The van der Waals surface area contributed by atoms with Crippen LogP contribution in [-0.2, 0) is 14.3 Å². The highest BCUT2D eigenvalue weighted by molar-refractivity contribution is 5.95. The average Bonchev–Trinajstić information content (AvgIpc) is 2.55. The maximum atomic E-state index is 12.2. The standard InChI is InChI=1S/C18H24N2O4/c1-12(17(22)20-15-8-4-3-5-9-15)24-18(23)14-7-6-10-16(11-14)19-13(2)21/h6-7,10-12,15H,3-5,8-9H2,1-2H3,(H,19,21)(H,20,22)/t12-/m1/s1. The highest BCUT2D eigenvalue weighted by Crippen LogP contribution is 2.18. The van der Waals surface area contributed by atoms with Crippen molar-refractivity contribution in [3.63, 3.8) is 0 Å². The summed E-state index contributed by atoms with van der Waals surface area (Å²) in [6, 6.07) is 6.61. The van der Waals surface area contributed by atoms with Gasteiger partial charge < -0.3 is 15.4 Å². The molecule has 6 heteroatoms. The Bertz CT molecular complexity index is 609. The lowest BCUT2D eigenvalue weighted by Crippen LogP contribution is -2.42. The molecule has 0 unspecified atom stereocenters. The van der Waals surface area contributed by atoms with E-state index in [1.165, 1.54) is 19.4 Å². The Morgan fingerprint density at radius 1 is 1.17 bits per heavy atom. The fourth-order valence-corrected chi connectivity index (χ4v) is 2.77. The van der Waals surface area contributed by atoms with E-state index < -0.39 is 12.1 Å². The van der Waals surface area contributed by atoms with Crippen LogP contribution >= 0.6 is 0 Å². The number of ether oxygens (including phenoxy) is 1. The summed E-state index contributed by atoms with van der Waals surface area (Å²) in [4.78, 5) is 35.4.